The van der Waals surface area contributed by atoms with E-state index in [2.05, 4.69) is 31.5 Å². The number of hydrogen-bond donors (Lipinski definition) is 3. The van der Waals surface area contributed by atoms with Crippen molar-refractivity contribution >= 4 is 33.4 Å². The molecule has 0 atom stereocenters. The van der Waals surface area contributed by atoms with E-state index in [1.807, 2.05) is 6.92 Å². The molecule has 0 aliphatic carbocycles. The molecule has 0 spiro atoms. The molecule has 0 aliphatic rings. The third kappa shape index (κ3) is 4.63. The number of benzene rings is 1. The Bertz CT molecular complexity index is 652. The lowest BCUT2D eigenvalue weighted by molar-refractivity contribution is -0.122. The number of anilines is 1. The lowest BCUT2D eigenvalue weighted by Crippen LogP contribution is -2.28. The van der Waals surface area contributed by atoms with Gasteiger partial charge >= 0.3 is 0 Å². The van der Waals surface area contributed by atoms with Crippen LogP contribution in [0.4, 0.5) is 5.69 Å². The summed E-state index contributed by atoms with van der Waals surface area (Å²) in [6, 6.07) is 8.50. The van der Waals surface area contributed by atoms with Gasteiger partial charge in [-0.2, -0.15) is 0 Å². The minimum Gasteiger partial charge on any atom is -0.484 e. The maximum atomic E-state index is 12.0. The molecule has 1 heterocycles. The molecule has 22 heavy (non-hydrogen) atoms. The summed E-state index contributed by atoms with van der Waals surface area (Å²) in [6.07, 6.45) is 1.69. The molecule has 2 rings (SSSR count). The Morgan fingerprint density at radius 1 is 1.27 bits per heavy atom. The van der Waals surface area contributed by atoms with E-state index < -0.39 is 0 Å². The van der Waals surface area contributed by atoms with E-state index in [9.17, 15) is 9.59 Å². The normalized spacial score (nSPS) is 10.1. The van der Waals surface area contributed by atoms with Crippen molar-refractivity contribution in [3.05, 3.63) is 46.7 Å². The van der Waals surface area contributed by atoms with Crippen molar-refractivity contribution in [3.8, 4) is 5.75 Å². The van der Waals surface area contributed by atoms with E-state index in [4.69, 9.17) is 4.74 Å². The zero-order chi connectivity index (χ0) is 15.9. The van der Waals surface area contributed by atoms with E-state index in [0.717, 1.165) is 4.47 Å². The summed E-state index contributed by atoms with van der Waals surface area (Å²) in [7, 11) is 0. The molecule has 0 bridgehead atoms. The number of ether oxygens (including phenoxy) is 1. The summed E-state index contributed by atoms with van der Waals surface area (Å²) in [5.74, 6) is 0.158. The standard InChI is InChI=1S/C15H16BrN3O3/c1-2-17-14(20)9-22-12-5-3-11(4-6-12)19-15(21)13-7-10(16)8-18-13/h3-8,18H,2,9H2,1H3,(H,17,20)(H,19,21). The van der Waals surface area contributed by atoms with Gasteiger partial charge in [-0.15, -0.1) is 0 Å². The van der Waals surface area contributed by atoms with Gasteiger partial charge in [0, 0.05) is 22.9 Å². The molecule has 7 heteroatoms. The van der Waals surface area contributed by atoms with Crippen LogP contribution in [0.5, 0.6) is 5.75 Å². The third-order valence-corrected chi connectivity index (χ3v) is 3.21. The van der Waals surface area contributed by atoms with Crippen LogP contribution in [0.15, 0.2) is 41.0 Å². The van der Waals surface area contributed by atoms with Gasteiger partial charge in [0.1, 0.15) is 11.4 Å². The maximum absolute atomic E-state index is 12.0. The topological polar surface area (TPSA) is 83.2 Å². The first-order valence-electron chi connectivity index (χ1n) is 6.73. The monoisotopic (exact) mass is 365 g/mol. The van der Waals surface area contributed by atoms with Crippen LogP contribution in [0.1, 0.15) is 17.4 Å². The molecular weight excluding hydrogens is 350 g/mol. The van der Waals surface area contributed by atoms with Gasteiger partial charge in [-0.25, -0.2) is 0 Å². The first-order valence-corrected chi connectivity index (χ1v) is 7.52. The van der Waals surface area contributed by atoms with Crippen LogP contribution in [0, 0.1) is 0 Å². The minimum absolute atomic E-state index is 0.0317. The third-order valence-electron chi connectivity index (χ3n) is 2.75. The van der Waals surface area contributed by atoms with Crippen molar-refractivity contribution in [2.24, 2.45) is 0 Å². The molecule has 1 aromatic carbocycles. The van der Waals surface area contributed by atoms with Crippen molar-refractivity contribution in [1.82, 2.24) is 10.3 Å². The summed E-state index contributed by atoms with van der Waals surface area (Å²) >= 11 is 3.27. The number of nitrogens with one attached hydrogen (secondary N) is 3. The number of halogens is 1. The van der Waals surface area contributed by atoms with Gasteiger partial charge in [0.05, 0.1) is 0 Å². The average molecular weight is 366 g/mol. The number of carbonyl (C=O) groups excluding carboxylic acids is 2. The number of likely N-dealkylation sites (N-methyl/N-ethyl adjacent to an activating group) is 1. The minimum atomic E-state index is -0.235. The highest BCUT2D eigenvalue weighted by molar-refractivity contribution is 9.10. The van der Waals surface area contributed by atoms with Gasteiger partial charge in [0.2, 0.25) is 0 Å². The molecule has 1 aromatic heterocycles. The fourth-order valence-corrected chi connectivity index (χ4v) is 2.07. The predicted molar refractivity (Wildman–Crippen MR) is 87.1 cm³/mol. The maximum Gasteiger partial charge on any atom is 0.272 e. The number of rotatable bonds is 6. The molecule has 2 amide bonds. The molecular formula is C15H16BrN3O3. The van der Waals surface area contributed by atoms with Crippen molar-refractivity contribution < 1.29 is 14.3 Å². The first kappa shape index (κ1) is 16.1. The number of hydrogen-bond acceptors (Lipinski definition) is 3. The second kappa shape index (κ2) is 7.65. The van der Waals surface area contributed by atoms with Crippen LogP contribution in [0.2, 0.25) is 0 Å². The largest absolute Gasteiger partial charge is 0.484 e. The smallest absolute Gasteiger partial charge is 0.272 e. The number of carbonyl (C=O) groups is 2. The van der Waals surface area contributed by atoms with Crippen molar-refractivity contribution in [3.63, 3.8) is 0 Å². The number of aromatic nitrogens is 1. The lowest BCUT2D eigenvalue weighted by Gasteiger charge is -2.08. The first-order chi connectivity index (χ1) is 10.6. The Kier molecular flexibility index (Phi) is 5.60. The number of amides is 2. The summed E-state index contributed by atoms with van der Waals surface area (Å²) in [5, 5.41) is 5.40. The number of aromatic amines is 1. The highest BCUT2D eigenvalue weighted by atomic mass is 79.9. The van der Waals surface area contributed by atoms with Crippen LogP contribution >= 0.6 is 15.9 Å². The molecule has 0 unspecified atom stereocenters. The molecule has 2 aromatic rings. The SMILES string of the molecule is CCNC(=O)COc1ccc(NC(=O)c2cc(Br)c[nH]2)cc1. The Morgan fingerprint density at radius 3 is 2.59 bits per heavy atom. The Hall–Kier alpha value is -2.28. The van der Waals surface area contributed by atoms with Gasteiger partial charge in [0.25, 0.3) is 11.8 Å². The van der Waals surface area contributed by atoms with E-state index >= 15 is 0 Å². The lowest BCUT2D eigenvalue weighted by atomic mass is 10.3. The molecule has 0 saturated carbocycles. The van der Waals surface area contributed by atoms with Gasteiger partial charge < -0.3 is 20.4 Å². The van der Waals surface area contributed by atoms with Crippen LogP contribution in [-0.2, 0) is 4.79 Å². The molecule has 0 saturated heterocycles. The fraction of sp³-hybridized carbons (Fsp3) is 0.200. The number of H-pyrrole nitrogens is 1. The van der Waals surface area contributed by atoms with Crippen LogP contribution in [-0.4, -0.2) is 29.9 Å². The van der Waals surface area contributed by atoms with Crippen LogP contribution < -0.4 is 15.4 Å². The molecule has 6 nitrogen and oxygen atoms in total. The average Bonchev–Trinajstić information content (AvgIpc) is 2.93. The van der Waals surface area contributed by atoms with E-state index in [1.54, 1.807) is 36.5 Å². The molecule has 116 valence electrons. The molecule has 3 N–H and O–H groups in total. The summed E-state index contributed by atoms with van der Waals surface area (Å²) in [6.45, 7) is 2.39. The van der Waals surface area contributed by atoms with Crippen molar-refractivity contribution in [2.75, 3.05) is 18.5 Å². The predicted octanol–water partition coefficient (Wildman–Crippen LogP) is 2.54. The summed E-state index contributed by atoms with van der Waals surface area (Å²) < 4.78 is 6.14. The zero-order valence-corrected chi connectivity index (χ0v) is 13.6. The molecule has 0 radical (unpaired) electrons. The molecule has 0 fully saturated rings. The zero-order valence-electron chi connectivity index (χ0n) is 12.0. The summed E-state index contributed by atoms with van der Waals surface area (Å²) in [5.41, 5.74) is 1.10. The summed E-state index contributed by atoms with van der Waals surface area (Å²) in [4.78, 5) is 26.1. The van der Waals surface area contributed by atoms with E-state index in [1.165, 1.54) is 0 Å². The second-order valence-electron chi connectivity index (χ2n) is 4.45. The highest BCUT2D eigenvalue weighted by Crippen LogP contribution is 2.17. The fourth-order valence-electron chi connectivity index (χ4n) is 1.73. The van der Waals surface area contributed by atoms with Gasteiger partial charge in [0.15, 0.2) is 6.61 Å². The highest BCUT2D eigenvalue weighted by Gasteiger charge is 2.08. The van der Waals surface area contributed by atoms with Crippen molar-refractivity contribution in [1.29, 1.82) is 0 Å². The Balaban J connectivity index is 1.89. The Labute approximate surface area is 136 Å². The van der Waals surface area contributed by atoms with E-state index in [0.29, 0.717) is 23.7 Å². The van der Waals surface area contributed by atoms with Gasteiger partial charge in [-0.3, -0.25) is 9.59 Å². The second-order valence-corrected chi connectivity index (χ2v) is 5.37. The van der Waals surface area contributed by atoms with Gasteiger partial charge in [-0.1, -0.05) is 0 Å². The van der Waals surface area contributed by atoms with Crippen LogP contribution in [0.3, 0.4) is 0 Å². The van der Waals surface area contributed by atoms with Crippen molar-refractivity contribution in [2.45, 2.75) is 6.92 Å². The van der Waals surface area contributed by atoms with Crippen LogP contribution in [0.25, 0.3) is 0 Å². The van der Waals surface area contributed by atoms with Gasteiger partial charge in [-0.05, 0) is 53.2 Å². The van der Waals surface area contributed by atoms with E-state index in [-0.39, 0.29) is 18.4 Å². The molecule has 0 aliphatic heterocycles. The quantitative estimate of drug-likeness (QED) is 0.735. The Morgan fingerprint density at radius 2 is 2.00 bits per heavy atom.